The highest BCUT2D eigenvalue weighted by atomic mass is 15.2. The van der Waals surface area contributed by atoms with Crippen molar-refractivity contribution < 1.29 is 0 Å². The molecule has 0 atom stereocenters. The largest absolute Gasteiger partial charge is 0.399 e. The number of hydrogen-bond donors (Lipinski definition) is 2. The van der Waals surface area contributed by atoms with E-state index < -0.39 is 0 Å². The number of nitrogen functional groups attached to an aromatic ring is 1. The quantitative estimate of drug-likeness (QED) is 0.806. The molecule has 100 valence electrons. The summed E-state index contributed by atoms with van der Waals surface area (Å²) in [6.45, 7) is 2.03. The van der Waals surface area contributed by atoms with E-state index in [0.29, 0.717) is 0 Å². The van der Waals surface area contributed by atoms with Crippen molar-refractivity contribution in [3.8, 4) is 0 Å². The van der Waals surface area contributed by atoms with Crippen LogP contribution >= 0.6 is 0 Å². The summed E-state index contributed by atoms with van der Waals surface area (Å²) in [4.78, 5) is 6.78. The van der Waals surface area contributed by atoms with Crippen molar-refractivity contribution >= 4 is 22.3 Å². The minimum atomic E-state index is 0.755. The number of nitrogens with one attached hydrogen (secondary N) is 1. The first-order valence-corrected chi connectivity index (χ1v) is 6.82. The van der Waals surface area contributed by atoms with Crippen molar-refractivity contribution in [2.45, 2.75) is 18.9 Å². The van der Waals surface area contributed by atoms with Gasteiger partial charge in [-0.15, -0.1) is 0 Å². The smallest absolute Gasteiger partial charge is 0.0743 e. The van der Waals surface area contributed by atoms with Crippen LogP contribution in [0.1, 0.15) is 12.8 Å². The van der Waals surface area contributed by atoms with E-state index in [9.17, 15) is 0 Å². The summed E-state index contributed by atoms with van der Waals surface area (Å²) in [6.07, 6.45) is 4.54. The van der Waals surface area contributed by atoms with Gasteiger partial charge in [-0.25, -0.2) is 0 Å². The Morgan fingerprint density at radius 3 is 3.00 bits per heavy atom. The Morgan fingerprint density at radius 1 is 1.37 bits per heavy atom. The molecule has 0 bridgehead atoms. The summed E-state index contributed by atoms with van der Waals surface area (Å²) in [5, 5.41) is 4.63. The maximum absolute atomic E-state index is 5.79. The molecular formula is C15H20N4. The second kappa shape index (κ2) is 5.05. The van der Waals surface area contributed by atoms with Crippen LogP contribution in [0.2, 0.25) is 0 Å². The van der Waals surface area contributed by atoms with Gasteiger partial charge in [-0.3, -0.25) is 4.98 Å². The highest BCUT2D eigenvalue weighted by molar-refractivity contribution is 5.92. The molecule has 0 unspecified atom stereocenters. The lowest BCUT2D eigenvalue weighted by molar-refractivity contribution is 0.337. The molecule has 4 nitrogen and oxygen atoms in total. The number of aromatic nitrogens is 1. The topological polar surface area (TPSA) is 54.2 Å². The number of benzene rings is 1. The summed E-state index contributed by atoms with van der Waals surface area (Å²) in [5.41, 5.74) is 8.62. The highest BCUT2D eigenvalue weighted by Gasteiger charge is 2.25. The highest BCUT2D eigenvalue weighted by Crippen LogP contribution is 2.25. The second-order valence-corrected chi connectivity index (χ2v) is 5.27. The number of anilines is 2. The summed E-state index contributed by atoms with van der Waals surface area (Å²) >= 11 is 0. The molecule has 0 saturated heterocycles. The molecule has 0 amide bonds. The minimum Gasteiger partial charge on any atom is -0.399 e. The number of nitrogens with two attached hydrogens (primary N) is 1. The molecule has 2 aromatic rings. The lowest BCUT2D eigenvalue weighted by atomic mass is 10.1. The van der Waals surface area contributed by atoms with Gasteiger partial charge < -0.3 is 16.0 Å². The van der Waals surface area contributed by atoms with Crippen LogP contribution in [0.4, 0.5) is 11.4 Å². The molecule has 3 rings (SSSR count). The third-order valence-corrected chi connectivity index (χ3v) is 3.72. The van der Waals surface area contributed by atoms with Crippen molar-refractivity contribution in [3.05, 3.63) is 30.5 Å². The zero-order valence-corrected chi connectivity index (χ0v) is 11.3. The maximum Gasteiger partial charge on any atom is 0.0743 e. The average molecular weight is 256 g/mol. The first-order chi connectivity index (χ1) is 9.24. The summed E-state index contributed by atoms with van der Waals surface area (Å²) in [6, 6.07) is 8.71. The monoisotopic (exact) mass is 256 g/mol. The number of nitrogens with zero attached hydrogens (tertiary/aromatic N) is 2. The van der Waals surface area contributed by atoms with Crippen molar-refractivity contribution in [1.82, 2.24) is 9.88 Å². The van der Waals surface area contributed by atoms with Crippen LogP contribution in [0.25, 0.3) is 10.9 Å². The van der Waals surface area contributed by atoms with Crippen molar-refractivity contribution in [2.24, 2.45) is 0 Å². The number of fused-ring (bicyclic) bond motifs is 1. The van der Waals surface area contributed by atoms with Gasteiger partial charge in [0.15, 0.2) is 0 Å². The second-order valence-electron chi connectivity index (χ2n) is 5.27. The lowest BCUT2D eigenvalue weighted by Gasteiger charge is -2.17. The number of pyridine rings is 1. The van der Waals surface area contributed by atoms with Gasteiger partial charge in [-0.2, -0.15) is 0 Å². The van der Waals surface area contributed by atoms with Crippen LogP contribution in [-0.2, 0) is 0 Å². The normalized spacial score (nSPS) is 15.1. The van der Waals surface area contributed by atoms with Crippen LogP contribution in [-0.4, -0.2) is 36.1 Å². The fourth-order valence-electron chi connectivity index (χ4n) is 2.38. The Morgan fingerprint density at radius 2 is 2.21 bits per heavy atom. The standard InChI is InChI=1S/C15H20N4/c1-19(12-3-4-12)9-8-18-14-6-7-17-15-10-11(16)2-5-13(14)15/h2,5-7,10,12H,3-4,8-9,16H2,1H3,(H,17,18). The Bertz CT molecular complexity index is 577. The molecule has 4 heteroatoms. The summed E-state index contributed by atoms with van der Waals surface area (Å²) in [7, 11) is 2.20. The van der Waals surface area contributed by atoms with E-state index in [1.54, 1.807) is 0 Å². The molecule has 3 N–H and O–H groups in total. The van der Waals surface area contributed by atoms with Gasteiger partial charge in [0.2, 0.25) is 0 Å². The van der Waals surface area contributed by atoms with Crippen LogP contribution in [0.3, 0.4) is 0 Å². The van der Waals surface area contributed by atoms with Gasteiger partial charge in [0.25, 0.3) is 0 Å². The van der Waals surface area contributed by atoms with E-state index in [0.717, 1.165) is 41.4 Å². The van der Waals surface area contributed by atoms with Crippen LogP contribution in [0.15, 0.2) is 30.5 Å². The van der Waals surface area contributed by atoms with Crippen molar-refractivity contribution in [3.63, 3.8) is 0 Å². The minimum absolute atomic E-state index is 0.755. The Hall–Kier alpha value is -1.81. The SMILES string of the molecule is CN(CCNc1ccnc2cc(N)ccc12)C1CC1. The molecule has 1 aromatic heterocycles. The molecule has 1 fully saturated rings. The molecule has 1 aliphatic carbocycles. The Kier molecular flexibility index (Phi) is 3.25. The van der Waals surface area contributed by atoms with E-state index in [-0.39, 0.29) is 0 Å². The predicted octanol–water partition coefficient (Wildman–Crippen LogP) is 2.32. The fraction of sp³-hybridized carbons (Fsp3) is 0.400. The molecule has 19 heavy (non-hydrogen) atoms. The fourth-order valence-corrected chi connectivity index (χ4v) is 2.38. The molecule has 1 aliphatic rings. The van der Waals surface area contributed by atoms with Gasteiger partial charge in [0.05, 0.1) is 5.52 Å². The average Bonchev–Trinajstić information content (AvgIpc) is 3.22. The molecule has 1 saturated carbocycles. The van der Waals surface area contributed by atoms with Gasteiger partial charge in [-0.1, -0.05) is 0 Å². The first-order valence-electron chi connectivity index (χ1n) is 6.82. The Labute approximate surface area is 113 Å². The summed E-state index contributed by atoms with van der Waals surface area (Å²) < 4.78 is 0. The number of rotatable bonds is 5. The van der Waals surface area contributed by atoms with Crippen LogP contribution in [0.5, 0.6) is 0 Å². The third-order valence-electron chi connectivity index (χ3n) is 3.72. The predicted molar refractivity (Wildman–Crippen MR) is 80.3 cm³/mol. The molecule has 1 aromatic carbocycles. The van der Waals surface area contributed by atoms with E-state index in [2.05, 4.69) is 22.2 Å². The van der Waals surface area contributed by atoms with Crippen molar-refractivity contribution in [1.29, 1.82) is 0 Å². The molecule has 1 heterocycles. The van der Waals surface area contributed by atoms with Crippen molar-refractivity contribution in [2.75, 3.05) is 31.2 Å². The summed E-state index contributed by atoms with van der Waals surface area (Å²) in [5.74, 6) is 0. The zero-order valence-electron chi connectivity index (χ0n) is 11.3. The van der Waals surface area contributed by atoms with E-state index >= 15 is 0 Å². The Balaban J connectivity index is 1.69. The maximum atomic E-state index is 5.79. The third kappa shape index (κ3) is 2.79. The molecule has 0 radical (unpaired) electrons. The van der Waals surface area contributed by atoms with Crippen LogP contribution < -0.4 is 11.1 Å². The number of hydrogen-bond acceptors (Lipinski definition) is 4. The number of likely N-dealkylation sites (N-methyl/N-ethyl adjacent to an activating group) is 1. The van der Waals surface area contributed by atoms with E-state index in [1.807, 2.05) is 30.5 Å². The molecule has 0 aliphatic heterocycles. The zero-order chi connectivity index (χ0) is 13.2. The van der Waals surface area contributed by atoms with Gasteiger partial charge >= 0.3 is 0 Å². The molecule has 0 spiro atoms. The lowest BCUT2D eigenvalue weighted by Crippen LogP contribution is -2.27. The van der Waals surface area contributed by atoms with E-state index in [1.165, 1.54) is 12.8 Å². The molecular weight excluding hydrogens is 236 g/mol. The first kappa shape index (κ1) is 12.2. The van der Waals surface area contributed by atoms with Gasteiger partial charge in [0.1, 0.15) is 0 Å². The van der Waals surface area contributed by atoms with Gasteiger partial charge in [0, 0.05) is 42.1 Å². The van der Waals surface area contributed by atoms with Crippen LogP contribution in [0, 0.1) is 0 Å². The van der Waals surface area contributed by atoms with E-state index in [4.69, 9.17) is 5.73 Å². The van der Waals surface area contributed by atoms with Gasteiger partial charge in [-0.05, 0) is 44.2 Å².